The zero-order chi connectivity index (χ0) is 14.3. The van der Waals surface area contributed by atoms with Gasteiger partial charge in [0, 0.05) is 19.2 Å². The topological polar surface area (TPSA) is 70.8 Å². The quantitative estimate of drug-likeness (QED) is 0.850. The summed E-state index contributed by atoms with van der Waals surface area (Å²) in [4.78, 5) is 25.6. The van der Waals surface area contributed by atoms with Gasteiger partial charge in [-0.05, 0) is 24.3 Å². The van der Waals surface area contributed by atoms with Crippen LogP contribution in [0.25, 0.3) is 0 Å². The number of carboxylic acid groups (broad SMARTS) is 1. The molecule has 2 bridgehead atoms. The Morgan fingerprint density at radius 3 is 2.65 bits per heavy atom. The van der Waals surface area contributed by atoms with Crippen molar-refractivity contribution in [1.29, 1.82) is 0 Å². The van der Waals surface area contributed by atoms with E-state index in [1.807, 2.05) is 12.2 Å². The van der Waals surface area contributed by atoms with Gasteiger partial charge < -0.3 is 14.4 Å². The van der Waals surface area contributed by atoms with Gasteiger partial charge in [0.05, 0.1) is 24.4 Å². The summed E-state index contributed by atoms with van der Waals surface area (Å²) in [6.07, 6.45) is 7.89. The molecule has 106 valence electrons. The number of amides is 1. The predicted octanol–water partition coefficient (Wildman–Crippen LogP) is 1.76. The lowest BCUT2D eigenvalue weighted by molar-refractivity contribution is -0.150. The molecule has 1 N–H and O–H groups in total. The van der Waals surface area contributed by atoms with Crippen LogP contribution in [0.15, 0.2) is 35.2 Å². The molecule has 20 heavy (non-hydrogen) atoms. The minimum absolute atomic E-state index is 0.00813. The first kappa shape index (κ1) is 13.0. The average molecular weight is 275 g/mol. The Labute approximate surface area is 116 Å². The fourth-order valence-corrected chi connectivity index (χ4v) is 3.48. The summed E-state index contributed by atoms with van der Waals surface area (Å²) in [6, 6.07) is 1.80. The monoisotopic (exact) mass is 275 g/mol. The Kier molecular flexibility index (Phi) is 3.12. The van der Waals surface area contributed by atoms with Gasteiger partial charge in [-0.2, -0.15) is 0 Å². The number of hydrogen-bond acceptors (Lipinski definition) is 3. The summed E-state index contributed by atoms with van der Waals surface area (Å²) in [5.41, 5.74) is 0.909. The van der Waals surface area contributed by atoms with Crippen LogP contribution in [0.2, 0.25) is 0 Å². The average Bonchev–Trinajstić information content (AvgIpc) is 3.12. The van der Waals surface area contributed by atoms with Gasteiger partial charge in [0.2, 0.25) is 5.91 Å². The van der Waals surface area contributed by atoms with Crippen molar-refractivity contribution < 1.29 is 19.1 Å². The third-order valence-electron chi connectivity index (χ3n) is 4.41. The van der Waals surface area contributed by atoms with Crippen molar-refractivity contribution in [1.82, 2.24) is 4.90 Å². The van der Waals surface area contributed by atoms with Gasteiger partial charge in [0.15, 0.2) is 0 Å². The Morgan fingerprint density at radius 2 is 2.05 bits per heavy atom. The highest BCUT2D eigenvalue weighted by Crippen LogP contribution is 2.48. The number of carboxylic acids is 1. The maximum absolute atomic E-state index is 12.6. The minimum Gasteiger partial charge on any atom is -0.481 e. The summed E-state index contributed by atoms with van der Waals surface area (Å²) in [5.74, 6) is -1.88. The fourth-order valence-electron chi connectivity index (χ4n) is 3.48. The summed E-state index contributed by atoms with van der Waals surface area (Å²) in [5, 5.41) is 9.37. The molecule has 0 aromatic carbocycles. The highest BCUT2D eigenvalue weighted by atomic mass is 16.4. The number of aliphatic carboxylic acids is 1. The van der Waals surface area contributed by atoms with Crippen LogP contribution in [-0.2, 0) is 16.1 Å². The SMILES string of the molecule is CN(Cc1ccoc1)C(=O)C1C2C=CC(C2)C1C(=O)O. The summed E-state index contributed by atoms with van der Waals surface area (Å²) in [6.45, 7) is 0.444. The molecule has 0 aliphatic heterocycles. The maximum atomic E-state index is 12.6. The normalized spacial score (nSPS) is 30.6. The molecule has 3 rings (SSSR count). The van der Waals surface area contributed by atoms with Crippen LogP contribution in [0.4, 0.5) is 0 Å². The van der Waals surface area contributed by atoms with Gasteiger partial charge in [0.1, 0.15) is 0 Å². The molecular formula is C15H17NO4. The van der Waals surface area contributed by atoms with Crippen LogP contribution >= 0.6 is 0 Å². The minimum atomic E-state index is -0.864. The molecule has 1 fully saturated rings. The molecule has 0 saturated heterocycles. The van der Waals surface area contributed by atoms with Crippen LogP contribution in [0.5, 0.6) is 0 Å². The lowest BCUT2D eigenvalue weighted by atomic mass is 9.82. The first-order valence-electron chi connectivity index (χ1n) is 6.75. The van der Waals surface area contributed by atoms with Gasteiger partial charge in [-0.15, -0.1) is 0 Å². The lowest BCUT2D eigenvalue weighted by Gasteiger charge is -2.28. The Hall–Kier alpha value is -2.04. The van der Waals surface area contributed by atoms with E-state index < -0.39 is 17.8 Å². The van der Waals surface area contributed by atoms with E-state index in [2.05, 4.69) is 0 Å². The number of carbonyl (C=O) groups excluding carboxylic acids is 1. The highest BCUT2D eigenvalue weighted by molar-refractivity contribution is 5.86. The maximum Gasteiger partial charge on any atom is 0.307 e. The van der Waals surface area contributed by atoms with Crippen LogP contribution in [0.3, 0.4) is 0 Å². The molecule has 2 aliphatic rings. The van der Waals surface area contributed by atoms with Gasteiger partial charge in [0.25, 0.3) is 0 Å². The van der Waals surface area contributed by atoms with E-state index in [1.165, 1.54) is 0 Å². The number of rotatable bonds is 4. The Balaban J connectivity index is 1.76. The fraction of sp³-hybridized carbons (Fsp3) is 0.467. The van der Waals surface area contributed by atoms with Crippen molar-refractivity contribution >= 4 is 11.9 Å². The Morgan fingerprint density at radius 1 is 1.35 bits per heavy atom. The van der Waals surface area contributed by atoms with E-state index in [-0.39, 0.29) is 17.7 Å². The second kappa shape index (κ2) is 4.81. The van der Waals surface area contributed by atoms with Crippen molar-refractivity contribution in [2.24, 2.45) is 23.7 Å². The number of fused-ring (bicyclic) bond motifs is 2. The molecule has 4 unspecified atom stereocenters. The second-order valence-corrected chi connectivity index (χ2v) is 5.66. The van der Waals surface area contributed by atoms with Crippen LogP contribution < -0.4 is 0 Å². The van der Waals surface area contributed by atoms with E-state index in [9.17, 15) is 14.7 Å². The first-order valence-corrected chi connectivity index (χ1v) is 6.75. The van der Waals surface area contributed by atoms with E-state index in [4.69, 9.17) is 4.42 Å². The number of hydrogen-bond donors (Lipinski definition) is 1. The van der Waals surface area contributed by atoms with Crippen molar-refractivity contribution in [3.63, 3.8) is 0 Å². The van der Waals surface area contributed by atoms with Crippen molar-refractivity contribution in [2.45, 2.75) is 13.0 Å². The predicted molar refractivity (Wildman–Crippen MR) is 70.5 cm³/mol. The van der Waals surface area contributed by atoms with E-state index in [1.54, 1.807) is 30.5 Å². The molecule has 5 heteroatoms. The van der Waals surface area contributed by atoms with Gasteiger partial charge in [-0.25, -0.2) is 0 Å². The van der Waals surface area contributed by atoms with Gasteiger partial charge in [-0.1, -0.05) is 12.2 Å². The molecule has 1 amide bonds. The lowest BCUT2D eigenvalue weighted by Crippen LogP contribution is -2.40. The molecule has 1 saturated carbocycles. The molecule has 2 aliphatic carbocycles. The van der Waals surface area contributed by atoms with E-state index >= 15 is 0 Å². The van der Waals surface area contributed by atoms with Gasteiger partial charge >= 0.3 is 5.97 Å². The molecule has 0 spiro atoms. The standard InChI is InChI=1S/C15H17NO4/c1-16(7-9-4-5-20-8-9)14(17)12-10-2-3-11(6-10)13(12)15(18)19/h2-5,8,10-13H,6-7H2,1H3,(H,18,19). The smallest absolute Gasteiger partial charge is 0.307 e. The number of furan rings is 1. The van der Waals surface area contributed by atoms with Crippen molar-refractivity contribution in [3.8, 4) is 0 Å². The molecular weight excluding hydrogens is 258 g/mol. The second-order valence-electron chi connectivity index (χ2n) is 5.66. The van der Waals surface area contributed by atoms with Crippen LogP contribution in [0, 0.1) is 23.7 Å². The molecule has 1 aromatic rings. The zero-order valence-electron chi connectivity index (χ0n) is 11.2. The molecule has 1 heterocycles. The molecule has 5 nitrogen and oxygen atoms in total. The van der Waals surface area contributed by atoms with Crippen LogP contribution in [-0.4, -0.2) is 28.9 Å². The third kappa shape index (κ3) is 2.03. The first-order chi connectivity index (χ1) is 9.58. The molecule has 1 aromatic heterocycles. The largest absolute Gasteiger partial charge is 0.481 e. The Bertz CT molecular complexity index is 548. The zero-order valence-corrected chi connectivity index (χ0v) is 11.2. The third-order valence-corrected chi connectivity index (χ3v) is 4.41. The summed E-state index contributed by atoms with van der Waals surface area (Å²) in [7, 11) is 1.71. The summed E-state index contributed by atoms with van der Waals surface area (Å²) >= 11 is 0. The van der Waals surface area contributed by atoms with Gasteiger partial charge in [-0.3, -0.25) is 9.59 Å². The van der Waals surface area contributed by atoms with Crippen molar-refractivity contribution in [3.05, 3.63) is 36.3 Å². The van der Waals surface area contributed by atoms with Crippen molar-refractivity contribution in [2.75, 3.05) is 7.05 Å². The number of carbonyl (C=O) groups is 2. The van der Waals surface area contributed by atoms with E-state index in [0.717, 1.165) is 12.0 Å². The van der Waals surface area contributed by atoms with E-state index in [0.29, 0.717) is 6.54 Å². The molecule has 4 atom stereocenters. The number of allylic oxidation sites excluding steroid dienone is 2. The van der Waals surface area contributed by atoms with Crippen LogP contribution in [0.1, 0.15) is 12.0 Å². The molecule has 0 radical (unpaired) electrons. The summed E-state index contributed by atoms with van der Waals surface area (Å²) < 4.78 is 4.99. The highest BCUT2D eigenvalue weighted by Gasteiger charge is 2.52. The number of nitrogens with zero attached hydrogens (tertiary/aromatic N) is 1.